The van der Waals surface area contributed by atoms with Gasteiger partial charge in [-0.1, -0.05) is 81.6 Å². The summed E-state index contributed by atoms with van der Waals surface area (Å²) in [5.41, 5.74) is 1.53. The van der Waals surface area contributed by atoms with Crippen molar-refractivity contribution in [3.8, 4) is 5.69 Å². The Kier molecular flexibility index (Phi) is 8.52. The zero-order chi connectivity index (χ0) is 25.9. The molecular weight excluding hydrogens is 507 g/mol. The molecule has 1 aromatic heterocycles. The van der Waals surface area contributed by atoms with E-state index >= 15 is 0 Å². The van der Waals surface area contributed by atoms with Crippen molar-refractivity contribution in [1.29, 1.82) is 0 Å². The summed E-state index contributed by atoms with van der Waals surface area (Å²) in [6, 6.07) is 13.8. The number of carbonyl (C=O) groups excluding carboxylic acids is 2. The minimum Gasteiger partial charge on any atom is -0.329 e. The van der Waals surface area contributed by atoms with Crippen molar-refractivity contribution in [2.45, 2.75) is 40.0 Å². The summed E-state index contributed by atoms with van der Waals surface area (Å²) in [6.45, 7) is 10.3. The van der Waals surface area contributed by atoms with Gasteiger partial charge in [-0.05, 0) is 36.2 Å². The smallest absolute Gasteiger partial charge is 0.255 e. The van der Waals surface area contributed by atoms with Gasteiger partial charge in [0.1, 0.15) is 12.4 Å². The summed E-state index contributed by atoms with van der Waals surface area (Å²) in [6.07, 6.45) is 0. The van der Waals surface area contributed by atoms with Crippen LogP contribution in [-0.2, 0) is 10.2 Å². The van der Waals surface area contributed by atoms with Crippen LogP contribution < -0.4 is 5.32 Å². The molecule has 2 amide bonds. The summed E-state index contributed by atoms with van der Waals surface area (Å²) in [5.74, 6) is -0.0305. The van der Waals surface area contributed by atoms with Crippen molar-refractivity contribution in [2.24, 2.45) is 5.92 Å². The second-order valence-electron chi connectivity index (χ2n) is 9.78. The van der Waals surface area contributed by atoms with Crippen LogP contribution in [0.3, 0.4) is 0 Å². The average molecular weight is 536 g/mol. The fraction of sp³-hybridized carbons (Fsp3) is 0.346. The molecule has 0 aliphatic carbocycles. The maximum atomic E-state index is 13.2. The second-order valence-corrected chi connectivity index (χ2v) is 11.0. The summed E-state index contributed by atoms with van der Waals surface area (Å²) < 4.78 is 1.61. The second kappa shape index (κ2) is 11.0. The van der Waals surface area contributed by atoms with E-state index in [4.69, 9.17) is 39.9 Å². The third kappa shape index (κ3) is 6.78. The van der Waals surface area contributed by atoms with Crippen LogP contribution in [0.25, 0.3) is 5.69 Å². The Hall–Kier alpha value is -2.54. The minimum absolute atomic E-state index is 0.139. The Bertz CT molecular complexity index is 1230. The normalized spacial score (nSPS) is 11.6. The molecule has 0 saturated carbocycles. The number of hydrogen-bond acceptors (Lipinski definition) is 3. The first kappa shape index (κ1) is 27.1. The lowest BCUT2D eigenvalue weighted by molar-refractivity contribution is -0.117. The van der Waals surface area contributed by atoms with E-state index in [0.29, 0.717) is 38.7 Å². The maximum absolute atomic E-state index is 13.2. The van der Waals surface area contributed by atoms with Gasteiger partial charge in [0.2, 0.25) is 5.91 Å². The van der Waals surface area contributed by atoms with Crippen LogP contribution in [0.4, 0.5) is 5.82 Å². The quantitative estimate of drug-likeness (QED) is 0.359. The molecule has 9 heteroatoms. The van der Waals surface area contributed by atoms with Crippen molar-refractivity contribution in [3.05, 3.63) is 74.9 Å². The maximum Gasteiger partial charge on any atom is 0.255 e. The SMILES string of the molecule is CC(C)CN(CC(=O)Nc1cc(C(C)(C)C)nn1-c1ccc(Cl)c(Cl)c1)C(=O)c1ccccc1Cl. The number of rotatable bonds is 7. The molecule has 0 bridgehead atoms. The number of anilines is 1. The summed E-state index contributed by atoms with van der Waals surface area (Å²) in [5, 5.41) is 8.77. The van der Waals surface area contributed by atoms with E-state index in [9.17, 15) is 9.59 Å². The van der Waals surface area contributed by atoms with Gasteiger partial charge in [-0.3, -0.25) is 9.59 Å². The third-order valence-corrected chi connectivity index (χ3v) is 6.27. The summed E-state index contributed by atoms with van der Waals surface area (Å²) in [4.78, 5) is 27.9. The largest absolute Gasteiger partial charge is 0.329 e. The Labute approximate surface area is 221 Å². The lowest BCUT2D eigenvalue weighted by Crippen LogP contribution is -2.40. The van der Waals surface area contributed by atoms with Crippen molar-refractivity contribution in [1.82, 2.24) is 14.7 Å². The van der Waals surface area contributed by atoms with Crippen LogP contribution in [0.2, 0.25) is 15.1 Å². The van der Waals surface area contributed by atoms with Crippen LogP contribution in [0.5, 0.6) is 0 Å². The summed E-state index contributed by atoms with van der Waals surface area (Å²) in [7, 11) is 0. The highest BCUT2D eigenvalue weighted by atomic mass is 35.5. The Morgan fingerprint density at radius 3 is 2.29 bits per heavy atom. The average Bonchev–Trinajstić information content (AvgIpc) is 3.19. The van der Waals surface area contributed by atoms with Crippen molar-refractivity contribution >= 4 is 52.4 Å². The van der Waals surface area contributed by atoms with Gasteiger partial charge in [0.15, 0.2) is 0 Å². The van der Waals surface area contributed by atoms with E-state index < -0.39 is 0 Å². The van der Waals surface area contributed by atoms with Gasteiger partial charge in [0.25, 0.3) is 5.91 Å². The lowest BCUT2D eigenvalue weighted by Gasteiger charge is -2.24. The monoisotopic (exact) mass is 534 g/mol. The van der Waals surface area contributed by atoms with Gasteiger partial charge in [-0.25, -0.2) is 4.68 Å². The number of nitrogens with zero attached hydrogens (tertiary/aromatic N) is 3. The standard InChI is InChI=1S/C26H29Cl3N4O2/c1-16(2)14-32(25(35)18-8-6-7-9-19(18)27)15-24(34)30-23-13-22(26(3,4)5)31-33(23)17-10-11-20(28)21(29)12-17/h6-13,16H,14-15H2,1-5H3,(H,30,34). The molecular formula is C26H29Cl3N4O2. The predicted molar refractivity (Wildman–Crippen MR) is 143 cm³/mol. The van der Waals surface area contributed by atoms with Crippen LogP contribution in [-0.4, -0.2) is 39.6 Å². The number of halogens is 3. The molecule has 2 aromatic carbocycles. The van der Waals surface area contributed by atoms with E-state index in [2.05, 4.69) is 5.32 Å². The summed E-state index contributed by atoms with van der Waals surface area (Å²) >= 11 is 18.6. The topological polar surface area (TPSA) is 67.2 Å². The van der Waals surface area contributed by atoms with E-state index in [1.165, 1.54) is 4.90 Å². The molecule has 0 saturated heterocycles. The van der Waals surface area contributed by atoms with Crippen molar-refractivity contribution in [3.63, 3.8) is 0 Å². The third-order valence-electron chi connectivity index (χ3n) is 5.20. The van der Waals surface area contributed by atoms with Crippen LogP contribution in [0, 0.1) is 5.92 Å². The van der Waals surface area contributed by atoms with Crippen molar-refractivity contribution < 1.29 is 9.59 Å². The molecule has 0 atom stereocenters. The van der Waals surface area contributed by atoms with E-state index in [1.807, 2.05) is 40.7 Å². The highest BCUT2D eigenvalue weighted by Crippen LogP contribution is 2.29. The lowest BCUT2D eigenvalue weighted by atomic mass is 9.92. The first-order valence-corrected chi connectivity index (χ1v) is 12.4. The predicted octanol–water partition coefficient (Wildman–Crippen LogP) is 6.87. The van der Waals surface area contributed by atoms with Crippen molar-refractivity contribution in [2.75, 3.05) is 18.4 Å². The highest BCUT2D eigenvalue weighted by Gasteiger charge is 2.25. The fourth-order valence-electron chi connectivity index (χ4n) is 3.47. The molecule has 0 unspecified atom stereocenters. The van der Waals surface area contributed by atoms with E-state index in [0.717, 1.165) is 5.69 Å². The number of benzene rings is 2. The van der Waals surface area contributed by atoms with Gasteiger partial charge in [0, 0.05) is 18.0 Å². The zero-order valence-electron chi connectivity index (χ0n) is 20.4. The van der Waals surface area contributed by atoms with Crippen LogP contribution in [0.1, 0.15) is 50.7 Å². The molecule has 186 valence electrons. The number of hydrogen-bond donors (Lipinski definition) is 1. The van der Waals surface area contributed by atoms with E-state index in [1.54, 1.807) is 47.1 Å². The minimum atomic E-state index is -0.354. The number of amides is 2. The number of aromatic nitrogens is 2. The first-order chi connectivity index (χ1) is 16.4. The number of nitrogens with one attached hydrogen (secondary N) is 1. The Balaban J connectivity index is 1.90. The molecule has 0 aliphatic rings. The molecule has 0 aliphatic heterocycles. The molecule has 6 nitrogen and oxygen atoms in total. The van der Waals surface area contributed by atoms with Gasteiger partial charge < -0.3 is 10.2 Å². The molecule has 0 spiro atoms. The fourth-order valence-corrected chi connectivity index (χ4v) is 3.98. The molecule has 1 heterocycles. The molecule has 1 N–H and O–H groups in total. The molecule has 35 heavy (non-hydrogen) atoms. The molecule has 0 radical (unpaired) electrons. The molecule has 3 rings (SSSR count). The Morgan fingerprint density at radius 2 is 1.69 bits per heavy atom. The van der Waals surface area contributed by atoms with Crippen LogP contribution >= 0.6 is 34.8 Å². The highest BCUT2D eigenvalue weighted by molar-refractivity contribution is 6.42. The molecule has 3 aromatic rings. The number of carbonyl (C=O) groups is 2. The van der Waals surface area contributed by atoms with Gasteiger partial charge in [-0.15, -0.1) is 0 Å². The van der Waals surface area contributed by atoms with Gasteiger partial charge in [-0.2, -0.15) is 5.10 Å². The molecule has 0 fully saturated rings. The zero-order valence-corrected chi connectivity index (χ0v) is 22.7. The Morgan fingerprint density at radius 1 is 1.00 bits per heavy atom. The van der Waals surface area contributed by atoms with E-state index in [-0.39, 0.29) is 29.7 Å². The van der Waals surface area contributed by atoms with Crippen LogP contribution in [0.15, 0.2) is 48.5 Å². The van der Waals surface area contributed by atoms with Gasteiger partial charge in [0.05, 0.1) is 32.0 Å². The van der Waals surface area contributed by atoms with Gasteiger partial charge >= 0.3 is 0 Å². The first-order valence-electron chi connectivity index (χ1n) is 11.3.